The minimum absolute atomic E-state index is 0.214. The summed E-state index contributed by atoms with van der Waals surface area (Å²) in [6.45, 7) is 4.00. The highest BCUT2D eigenvalue weighted by Gasteiger charge is 2.17. The predicted molar refractivity (Wildman–Crippen MR) is 78.8 cm³/mol. The van der Waals surface area contributed by atoms with Crippen LogP contribution in [-0.2, 0) is 10.0 Å². The molecule has 0 aromatic heterocycles. The van der Waals surface area contributed by atoms with Gasteiger partial charge < -0.3 is 5.32 Å². The van der Waals surface area contributed by atoms with Crippen LogP contribution in [0.2, 0.25) is 0 Å². The normalized spacial score (nSPS) is 17.3. The van der Waals surface area contributed by atoms with E-state index in [0.29, 0.717) is 11.6 Å². The van der Waals surface area contributed by atoms with E-state index in [4.69, 9.17) is 0 Å². The van der Waals surface area contributed by atoms with Crippen molar-refractivity contribution in [2.24, 2.45) is 5.92 Å². The molecule has 1 aliphatic heterocycles. The van der Waals surface area contributed by atoms with E-state index in [9.17, 15) is 8.42 Å². The second kappa shape index (κ2) is 6.39. The van der Waals surface area contributed by atoms with E-state index < -0.39 is 10.0 Å². The molecule has 5 heteroatoms. The number of nitrogens with one attached hydrogen (secondary N) is 2. The van der Waals surface area contributed by atoms with Crippen LogP contribution < -0.4 is 10.0 Å². The lowest BCUT2D eigenvalue weighted by molar-refractivity contribution is 0.365. The molecule has 4 nitrogen and oxygen atoms in total. The summed E-state index contributed by atoms with van der Waals surface area (Å²) >= 11 is 0. The summed E-state index contributed by atoms with van der Waals surface area (Å²) in [5.74, 6) is 0.752. The van der Waals surface area contributed by atoms with Gasteiger partial charge in [-0.2, -0.15) is 0 Å². The number of aryl methyl sites for hydroxylation is 1. The second-order valence-corrected chi connectivity index (χ2v) is 7.11. The first-order chi connectivity index (χ1) is 9.05. The lowest BCUT2D eigenvalue weighted by Crippen LogP contribution is -2.29. The van der Waals surface area contributed by atoms with Gasteiger partial charge in [-0.25, -0.2) is 8.42 Å². The summed E-state index contributed by atoms with van der Waals surface area (Å²) in [5.41, 5.74) is 1.77. The summed E-state index contributed by atoms with van der Waals surface area (Å²) in [6.07, 6.45) is 2.92. The molecule has 0 atom stereocenters. The van der Waals surface area contributed by atoms with E-state index in [1.165, 1.54) is 0 Å². The number of benzene rings is 1. The molecule has 1 saturated heterocycles. The van der Waals surface area contributed by atoms with Gasteiger partial charge in [0.2, 0.25) is 10.0 Å². The van der Waals surface area contributed by atoms with Gasteiger partial charge in [0, 0.05) is 5.69 Å². The van der Waals surface area contributed by atoms with Crippen LogP contribution in [0.4, 0.5) is 5.69 Å². The van der Waals surface area contributed by atoms with Gasteiger partial charge >= 0.3 is 0 Å². The second-order valence-electron chi connectivity index (χ2n) is 5.27. The third-order valence-electron chi connectivity index (χ3n) is 3.58. The lowest BCUT2D eigenvalue weighted by atomic mass is 9.96. The van der Waals surface area contributed by atoms with Crippen molar-refractivity contribution in [2.75, 3.05) is 23.6 Å². The largest absolute Gasteiger partial charge is 0.317 e. The topological polar surface area (TPSA) is 58.2 Å². The summed E-state index contributed by atoms with van der Waals surface area (Å²) < 4.78 is 26.6. The summed E-state index contributed by atoms with van der Waals surface area (Å²) in [7, 11) is -3.22. The van der Waals surface area contributed by atoms with Crippen LogP contribution >= 0.6 is 0 Å². The van der Waals surface area contributed by atoms with Gasteiger partial charge in [0.1, 0.15) is 0 Å². The third kappa shape index (κ3) is 4.84. The molecule has 1 aromatic carbocycles. The highest BCUT2D eigenvalue weighted by molar-refractivity contribution is 7.92. The molecule has 0 spiro atoms. The molecule has 0 radical (unpaired) electrons. The van der Waals surface area contributed by atoms with Crippen LogP contribution in [-0.4, -0.2) is 27.3 Å². The van der Waals surface area contributed by atoms with Gasteiger partial charge in [-0.15, -0.1) is 0 Å². The highest BCUT2D eigenvalue weighted by Crippen LogP contribution is 2.18. The number of hydrogen-bond donors (Lipinski definition) is 2. The Hall–Kier alpha value is -1.07. The number of anilines is 1. The maximum absolute atomic E-state index is 12.0. The monoisotopic (exact) mass is 282 g/mol. The maximum atomic E-state index is 12.0. The number of hydrogen-bond acceptors (Lipinski definition) is 3. The molecule has 2 rings (SSSR count). The Balaban J connectivity index is 1.85. The van der Waals surface area contributed by atoms with E-state index in [-0.39, 0.29) is 5.75 Å². The van der Waals surface area contributed by atoms with Crippen LogP contribution in [0.25, 0.3) is 0 Å². The first-order valence-electron chi connectivity index (χ1n) is 6.83. The van der Waals surface area contributed by atoms with Crippen LogP contribution in [0.3, 0.4) is 0 Å². The fraction of sp³-hybridized carbons (Fsp3) is 0.571. The van der Waals surface area contributed by atoms with Crippen molar-refractivity contribution in [3.63, 3.8) is 0 Å². The van der Waals surface area contributed by atoms with E-state index >= 15 is 0 Å². The number of piperidine rings is 1. The zero-order chi connectivity index (χ0) is 13.7. The molecule has 1 aliphatic rings. The molecule has 0 amide bonds. The molecular weight excluding hydrogens is 260 g/mol. The predicted octanol–water partition coefficient (Wildman–Crippen LogP) is 2.13. The molecule has 1 aromatic rings. The standard InChI is InChI=1S/C14H22N2O2S/c1-12-2-4-14(5-3-12)16-19(17,18)11-8-13-6-9-15-10-7-13/h2-5,13,15-16H,6-11H2,1H3. The summed E-state index contributed by atoms with van der Waals surface area (Å²) in [6, 6.07) is 7.42. The molecule has 1 fully saturated rings. The third-order valence-corrected chi connectivity index (χ3v) is 4.90. The minimum atomic E-state index is -3.22. The molecule has 0 saturated carbocycles. The molecule has 0 unspecified atom stereocenters. The molecule has 2 N–H and O–H groups in total. The molecule has 106 valence electrons. The first kappa shape index (κ1) is 14.3. The molecule has 19 heavy (non-hydrogen) atoms. The van der Waals surface area contributed by atoms with Gasteiger partial charge in [0.15, 0.2) is 0 Å². The molecule has 0 bridgehead atoms. The van der Waals surface area contributed by atoms with Crippen LogP contribution in [0, 0.1) is 12.8 Å². The van der Waals surface area contributed by atoms with Gasteiger partial charge in [-0.05, 0) is 57.3 Å². The zero-order valence-electron chi connectivity index (χ0n) is 11.4. The van der Waals surface area contributed by atoms with Crippen molar-refractivity contribution in [1.29, 1.82) is 0 Å². The van der Waals surface area contributed by atoms with Crippen molar-refractivity contribution in [1.82, 2.24) is 5.32 Å². The number of sulfonamides is 1. The van der Waals surface area contributed by atoms with Gasteiger partial charge in [0.05, 0.1) is 5.75 Å². The van der Waals surface area contributed by atoms with Crippen LogP contribution in [0.15, 0.2) is 24.3 Å². The van der Waals surface area contributed by atoms with Crippen LogP contribution in [0.5, 0.6) is 0 Å². The lowest BCUT2D eigenvalue weighted by Gasteiger charge is -2.22. The fourth-order valence-electron chi connectivity index (χ4n) is 2.34. The average Bonchev–Trinajstić information content (AvgIpc) is 2.40. The Morgan fingerprint density at radius 2 is 1.84 bits per heavy atom. The van der Waals surface area contributed by atoms with Gasteiger partial charge in [-0.1, -0.05) is 17.7 Å². The smallest absolute Gasteiger partial charge is 0.232 e. The Bertz CT molecular complexity index is 491. The van der Waals surface area contributed by atoms with Crippen molar-refractivity contribution < 1.29 is 8.42 Å². The van der Waals surface area contributed by atoms with Crippen molar-refractivity contribution in [3.8, 4) is 0 Å². The Labute approximate surface area is 115 Å². The van der Waals surface area contributed by atoms with E-state index in [0.717, 1.165) is 37.9 Å². The van der Waals surface area contributed by atoms with E-state index in [1.807, 2.05) is 19.1 Å². The Morgan fingerprint density at radius 3 is 2.47 bits per heavy atom. The van der Waals surface area contributed by atoms with Crippen molar-refractivity contribution in [3.05, 3.63) is 29.8 Å². The molecule has 0 aliphatic carbocycles. The Morgan fingerprint density at radius 1 is 1.21 bits per heavy atom. The summed E-state index contributed by atoms with van der Waals surface area (Å²) in [5, 5.41) is 3.29. The first-order valence-corrected chi connectivity index (χ1v) is 8.48. The fourth-order valence-corrected chi connectivity index (χ4v) is 3.59. The maximum Gasteiger partial charge on any atom is 0.232 e. The zero-order valence-corrected chi connectivity index (χ0v) is 12.2. The van der Waals surface area contributed by atoms with Gasteiger partial charge in [0.25, 0.3) is 0 Å². The number of rotatable bonds is 5. The van der Waals surface area contributed by atoms with Crippen LogP contribution in [0.1, 0.15) is 24.8 Å². The minimum Gasteiger partial charge on any atom is -0.317 e. The van der Waals surface area contributed by atoms with E-state index in [1.54, 1.807) is 12.1 Å². The summed E-state index contributed by atoms with van der Waals surface area (Å²) in [4.78, 5) is 0. The highest BCUT2D eigenvalue weighted by atomic mass is 32.2. The Kier molecular flexibility index (Phi) is 4.82. The molecular formula is C14H22N2O2S. The van der Waals surface area contributed by atoms with E-state index in [2.05, 4.69) is 10.0 Å². The van der Waals surface area contributed by atoms with Crippen molar-refractivity contribution in [2.45, 2.75) is 26.2 Å². The SMILES string of the molecule is Cc1ccc(NS(=O)(=O)CCC2CCNCC2)cc1. The van der Waals surface area contributed by atoms with Crippen molar-refractivity contribution >= 4 is 15.7 Å². The average molecular weight is 282 g/mol. The quantitative estimate of drug-likeness (QED) is 0.870. The van der Waals surface area contributed by atoms with Gasteiger partial charge in [-0.3, -0.25) is 4.72 Å². The molecule has 1 heterocycles.